The molecule has 8 heteroatoms. The van der Waals surface area contributed by atoms with Gasteiger partial charge in [0.25, 0.3) is 5.91 Å². The number of hydrogen-bond acceptors (Lipinski definition) is 3. The van der Waals surface area contributed by atoms with Crippen LogP contribution in [-0.2, 0) is 18.0 Å². The van der Waals surface area contributed by atoms with Crippen LogP contribution in [0.1, 0.15) is 22.4 Å². The first kappa shape index (κ1) is 17.8. The second-order valence-corrected chi connectivity index (χ2v) is 5.59. The standard InChI is InChI=1S/C16H18F3N3O2/c1-9-5-10(2)14(11(3)6-9)21-13(23)8-24-12-7-20-22(4)15(12)16(17,18)19/h5-7H,8H2,1-4H3,(H,21,23). The SMILES string of the molecule is Cc1cc(C)c(NC(=O)COc2cnn(C)c2C(F)(F)F)c(C)c1. The van der Waals surface area contributed by atoms with Crippen molar-refractivity contribution in [2.45, 2.75) is 26.9 Å². The van der Waals surface area contributed by atoms with Crippen molar-refractivity contribution in [3.63, 3.8) is 0 Å². The van der Waals surface area contributed by atoms with Crippen LogP contribution in [0.25, 0.3) is 0 Å². The Balaban J connectivity index is 2.08. The Morgan fingerprint density at radius 3 is 2.38 bits per heavy atom. The monoisotopic (exact) mass is 341 g/mol. The molecule has 0 spiro atoms. The Hall–Kier alpha value is -2.51. The summed E-state index contributed by atoms with van der Waals surface area (Å²) in [7, 11) is 1.16. The maximum Gasteiger partial charge on any atom is 0.436 e. The molecule has 1 N–H and O–H groups in total. The van der Waals surface area contributed by atoms with Crippen molar-refractivity contribution in [3.05, 3.63) is 40.7 Å². The Labute approximate surface area is 137 Å². The smallest absolute Gasteiger partial charge is 0.436 e. The quantitative estimate of drug-likeness (QED) is 0.927. The van der Waals surface area contributed by atoms with Gasteiger partial charge in [-0.1, -0.05) is 17.7 Å². The van der Waals surface area contributed by atoms with Gasteiger partial charge in [0.2, 0.25) is 0 Å². The van der Waals surface area contributed by atoms with Crippen molar-refractivity contribution in [3.8, 4) is 5.75 Å². The highest BCUT2D eigenvalue weighted by atomic mass is 19.4. The highest BCUT2D eigenvalue weighted by molar-refractivity contribution is 5.93. The Kier molecular flexibility index (Phi) is 4.86. The fourth-order valence-electron chi connectivity index (χ4n) is 2.54. The largest absolute Gasteiger partial charge is 0.480 e. The Morgan fingerprint density at radius 2 is 1.83 bits per heavy atom. The predicted octanol–water partition coefficient (Wildman–Crippen LogP) is 3.38. The van der Waals surface area contributed by atoms with Gasteiger partial charge in [0, 0.05) is 12.7 Å². The van der Waals surface area contributed by atoms with E-state index in [4.69, 9.17) is 4.74 Å². The van der Waals surface area contributed by atoms with Crippen LogP contribution in [0.2, 0.25) is 0 Å². The molecular formula is C16H18F3N3O2. The molecule has 0 aliphatic heterocycles. The van der Waals surface area contributed by atoms with E-state index in [1.165, 1.54) is 0 Å². The fourth-order valence-corrected chi connectivity index (χ4v) is 2.54. The minimum absolute atomic E-state index is 0.475. The number of hydrogen-bond donors (Lipinski definition) is 1. The van der Waals surface area contributed by atoms with Crippen LogP contribution in [0, 0.1) is 20.8 Å². The summed E-state index contributed by atoms with van der Waals surface area (Å²) in [5.74, 6) is -1.01. The van der Waals surface area contributed by atoms with Crippen molar-refractivity contribution in [1.29, 1.82) is 0 Å². The topological polar surface area (TPSA) is 56.1 Å². The normalized spacial score (nSPS) is 11.5. The summed E-state index contributed by atoms with van der Waals surface area (Å²) in [6.07, 6.45) is -3.67. The van der Waals surface area contributed by atoms with E-state index < -0.39 is 30.1 Å². The lowest BCUT2D eigenvalue weighted by Crippen LogP contribution is -2.22. The third kappa shape index (κ3) is 3.87. The molecule has 24 heavy (non-hydrogen) atoms. The molecule has 0 fully saturated rings. The first-order chi connectivity index (χ1) is 11.1. The molecule has 0 unspecified atom stereocenters. The molecule has 0 aliphatic carbocycles. The molecule has 0 saturated carbocycles. The minimum atomic E-state index is -4.61. The molecule has 0 aliphatic rings. The van der Waals surface area contributed by atoms with Crippen molar-refractivity contribution in [2.24, 2.45) is 7.05 Å². The number of benzene rings is 1. The molecule has 2 rings (SSSR count). The van der Waals surface area contributed by atoms with Crippen molar-refractivity contribution < 1.29 is 22.7 Å². The fraction of sp³-hybridized carbons (Fsp3) is 0.375. The van der Waals surface area contributed by atoms with E-state index in [0.717, 1.165) is 29.9 Å². The lowest BCUT2D eigenvalue weighted by molar-refractivity contribution is -0.145. The number of amides is 1. The van der Waals surface area contributed by atoms with E-state index in [1.54, 1.807) is 0 Å². The number of anilines is 1. The number of rotatable bonds is 4. The van der Waals surface area contributed by atoms with E-state index in [-0.39, 0.29) is 0 Å². The molecule has 1 aromatic carbocycles. The van der Waals surface area contributed by atoms with Gasteiger partial charge in [-0.15, -0.1) is 0 Å². The molecular weight excluding hydrogens is 323 g/mol. The summed E-state index contributed by atoms with van der Waals surface area (Å²) in [5, 5.41) is 6.19. The molecule has 1 aromatic heterocycles. The second-order valence-electron chi connectivity index (χ2n) is 5.59. The van der Waals surface area contributed by atoms with Gasteiger partial charge in [0.15, 0.2) is 18.1 Å². The predicted molar refractivity (Wildman–Crippen MR) is 83.0 cm³/mol. The highest BCUT2D eigenvalue weighted by Crippen LogP contribution is 2.35. The van der Waals surface area contributed by atoms with E-state index in [9.17, 15) is 18.0 Å². The van der Waals surface area contributed by atoms with Gasteiger partial charge in [-0.25, -0.2) is 0 Å². The average Bonchev–Trinajstić information content (AvgIpc) is 2.81. The Bertz CT molecular complexity index is 743. The summed E-state index contributed by atoms with van der Waals surface area (Å²) < 4.78 is 44.4. The van der Waals surface area contributed by atoms with Gasteiger partial charge < -0.3 is 10.1 Å². The van der Waals surface area contributed by atoms with E-state index in [2.05, 4.69) is 10.4 Å². The van der Waals surface area contributed by atoms with Crippen LogP contribution in [-0.4, -0.2) is 22.3 Å². The maximum atomic E-state index is 12.9. The zero-order valence-corrected chi connectivity index (χ0v) is 13.8. The summed E-state index contributed by atoms with van der Waals surface area (Å²) in [4.78, 5) is 12.0. The summed E-state index contributed by atoms with van der Waals surface area (Å²) in [6.45, 7) is 5.09. The lowest BCUT2D eigenvalue weighted by atomic mass is 10.1. The van der Waals surface area contributed by atoms with E-state index >= 15 is 0 Å². The van der Waals surface area contributed by atoms with Gasteiger partial charge in [-0.2, -0.15) is 18.3 Å². The first-order valence-corrected chi connectivity index (χ1v) is 7.19. The van der Waals surface area contributed by atoms with Gasteiger partial charge in [0.1, 0.15) is 0 Å². The number of alkyl halides is 3. The van der Waals surface area contributed by atoms with Crippen LogP contribution >= 0.6 is 0 Å². The zero-order valence-electron chi connectivity index (χ0n) is 13.8. The van der Waals surface area contributed by atoms with Gasteiger partial charge >= 0.3 is 6.18 Å². The molecule has 130 valence electrons. The molecule has 2 aromatic rings. The average molecular weight is 341 g/mol. The molecule has 0 bridgehead atoms. The van der Waals surface area contributed by atoms with Gasteiger partial charge in [0.05, 0.1) is 6.20 Å². The van der Waals surface area contributed by atoms with Crippen molar-refractivity contribution in [2.75, 3.05) is 11.9 Å². The van der Waals surface area contributed by atoms with Gasteiger partial charge in [-0.3, -0.25) is 9.48 Å². The molecule has 0 radical (unpaired) electrons. The van der Waals surface area contributed by atoms with E-state index in [1.807, 2.05) is 32.9 Å². The molecule has 0 saturated heterocycles. The number of nitrogens with zero attached hydrogens (tertiary/aromatic N) is 2. The Morgan fingerprint density at radius 1 is 1.25 bits per heavy atom. The zero-order chi connectivity index (χ0) is 18.1. The summed E-state index contributed by atoms with van der Waals surface area (Å²) in [5.41, 5.74) is 2.41. The third-order valence-corrected chi connectivity index (χ3v) is 3.47. The first-order valence-electron chi connectivity index (χ1n) is 7.19. The lowest BCUT2D eigenvalue weighted by Gasteiger charge is -2.14. The molecule has 5 nitrogen and oxygen atoms in total. The van der Waals surface area contributed by atoms with Crippen LogP contribution in [0.15, 0.2) is 18.3 Å². The second kappa shape index (κ2) is 6.54. The number of carbonyl (C=O) groups excluding carboxylic acids is 1. The number of aromatic nitrogens is 2. The van der Waals surface area contributed by atoms with Crippen LogP contribution in [0.5, 0.6) is 5.75 Å². The number of ether oxygens (including phenoxy) is 1. The summed E-state index contributed by atoms with van der Waals surface area (Å²) in [6, 6.07) is 3.82. The van der Waals surface area contributed by atoms with Crippen molar-refractivity contribution >= 4 is 11.6 Å². The number of nitrogens with one attached hydrogen (secondary N) is 1. The molecule has 1 heterocycles. The highest BCUT2D eigenvalue weighted by Gasteiger charge is 2.38. The number of halogens is 3. The number of carbonyl (C=O) groups is 1. The third-order valence-electron chi connectivity index (χ3n) is 3.47. The summed E-state index contributed by atoms with van der Waals surface area (Å²) >= 11 is 0. The molecule has 1 amide bonds. The minimum Gasteiger partial charge on any atom is -0.480 e. The van der Waals surface area contributed by atoms with E-state index in [0.29, 0.717) is 10.4 Å². The molecule has 0 atom stereocenters. The van der Waals surface area contributed by atoms with Crippen LogP contribution < -0.4 is 10.1 Å². The maximum absolute atomic E-state index is 12.9. The van der Waals surface area contributed by atoms with Gasteiger partial charge in [-0.05, 0) is 31.9 Å². The number of aryl methyl sites for hydroxylation is 4. The van der Waals surface area contributed by atoms with Crippen LogP contribution in [0.3, 0.4) is 0 Å². The van der Waals surface area contributed by atoms with Crippen LogP contribution in [0.4, 0.5) is 18.9 Å². The van der Waals surface area contributed by atoms with Crippen molar-refractivity contribution in [1.82, 2.24) is 9.78 Å².